The molecule has 3 atom stereocenters. The van der Waals surface area contributed by atoms with E-state index in [0.717, 1.165) is 59.9 Å². The lowest BCUT2D eigenvalue weighted by Gasteiger charge is -2.33. The number of rotatable bonds is 14. The van der Waals surface area contributed by atoms with Gasteiger partial charge < -0.3 is 0 Å². The molecule has 0 N–H and O–H groups in total. The Labute approximate surface area is 286 Å². The number of ketones is 4. The van der Waals surface area contributed by atoms with Gasteiger partial charge in [-0.25, -0.2) is 0 Å². The van der Waals surface area contributed by atoms with Crippen LogP contribution in [-0.2, 0) is 39.1 Å². The van der Waals surface area contributed by atoms with Crippen LogP contribution in [0.25, 0.3) is 0 Å². The molecule has 4 heteroatoms. The third-order valence-corrected chi connectivity index (χ3v) is 9.69. The molecule has 2 aromatic rings. The molecule has 47 heavy (non-hydrogen) atoms. The van der Waals surface area contributed by atoms with E-state index in [2.05, 4.69) is 86.6 Å². The fraction of sp³-hybridized carbons (Fsp3) is 0.628. The molecule has 0 aromatic heterocycles. The summed E-state index contributed by atoms with van der Waals surface area (Å²) in [5.41, 5.74) is 8.51. The molecule has 0 saturated carbocycles. The lowest BCUT2D eigenvalue weighted by molar-refractivity contribution is -0.130. The molecule has 0 radical (unpaired) electrons. The topological polar surface area (TPSA) is 68.3 Å². The second kappa shape index (κ2) is 18.0. The van der Waals surface area contributed by atoms with E-state index in [1.165, 1.54) is 30.0 Å². The normalized spacial score (nSPS) is 15.9. The van der Waals surface area contributed by atoms with Gasteiger partial charge in [0.1, 0.15) is 17.3 Å². The molecule has 1 aliphatic rings. The van der Waals surface area contributed by atoms with Crippen molar-refractivity contribution in [1.29, 1.82) is 0 Å². The Morgan fingerprint density at radius 1 is 0.915 bits per heavy atom. The van der Waals surface area contributed by atoms with Crippen LogP contribution in [-0.4, -0.2) is 23.1 Å². The third kappa shape index (κ3) is 11.1. The van der Waals surface area contributed by atoms with Crippen molar-refractivity contribution in [3.8, 4) is 0 Å². The Bertz CT molecular complexity index is 1400. The molecule has 3 rings (SSSR count). The molecule has 0 bridgehead atoms. The summed E-state index contributed by atoms with van der Waals surface area (Å²) < 4.78 is 0. The number of aryl methyl sites for hydroxylation is 1. The lowest BCUT2D eigenvalue weighted by Crippen LogP contribution is -2.30. The molecule has 4 nitrogen and oxygen atoms in total. The molecule has 0 saturated heterocycles. The van der Waals surface area contributed by atoms with E-state index in [1.807, 2.05) is 13.8 Å². The van der Waals surface area contributed by atoms with Gasteiger partial charge in [-0.15, -0.1) is 0 Å². The molecule has 1 aliphatic carbocycles. The van der Waals surface area contributed by atoms with Crippen molar-refractivity contribution in [2.75, 3.05) is 0 Å². The summed E-state index contributed by atoms with van der Waals surface area (Å²) in [6, 6.07) is 8.58. The van der Waals surface area contributed by atoms with E-state index in [9.17, 15) is 19.2 Å². The molecule has 0 amide bonds. The monoisotopic (exact) mass is 644 g/mol. The summed E-state index contributed by atoms with van der Waals surface area (Å²) in [6.45, 7) is 24.9. The Morgan fingerprint density at radius 3 is 2.06 bits per heavy atom. The van der Waals surface area contributed by atoms with Crippen molar-refractivity contribution in [2.24, 2.45) is 17.8 Å². The van der Waals surface area contributed by atoms with Crippen molar-refractivity contribution in [3.05, 3.63) is 68.8 Å². The van der Waals surface area contributed by atoms with Gasteiger partial charge in [0.05, 0.1) is 6.42 Å². The molecule has 0 fully saturated rings. The lowest BCUT2D eigenvalue weighted by atomic mass is 9.70. The van der Waals surface area contributed by atoms with Crippen molar-refractivity contribution >= 4 is 23.1 Å². The van der Waals surface area contributed by atoms with Gasteiger partial charge in [-0.3, -0.25) is 19.2 Å². The highest BCUT2D eigenvalue weighted by molar-refractivity contribution is 6.01. The van der Waals surface area contributed by atoms with Crippen LogP contribution in [0.15, 0.2) is 24.3 Å². The van der Waals surface area contributed by atoms with Gasteiger partial charge in [-0.2, -0.15) is 0 Å². The number of carbonyl (C=O) groups is 4. The van der Waals surface area contributed by atoms with E-state index in [1.54, 1.807) is 0 Å². The zero-order valence-corrected chi connectivity index (χ0v) is 31.8. The summed E-state index contributed by atoms with van der Waals surface area (Å²) in [4.78, 5) is 52.1. The van der Waals surface area contributed by atoms with Gasteiger partial charge in [-0.1, -0.05) is 111 Å². The van der Waals surface area contributed by atoms with Crippen LogP contribution in [0.2, 0.25) is 0 Å². The van der Waals surface area contributed by atoms with Crippen molar-refractivity contribution < 1.29 is 19.2 Å². The maximum atomic E-state index is 13.9. The van der Waals surface area contributed by atoms with Crippen LogP contribution in [0.1, 0.15) is 169 Å². The van der Waals surface area contributed by atoms with Crippen molar-refractivity contribution in [3.63, 3.8) is 0 Å². The minimum absolute atomic E-state index is 0.00473. The van der Waals surface area contributed by atoms with E-state index >= 15 is 0 Å². The average molecular weight is 645 g/mol. The highest BCUT2D eigenvalue weighted by atomic mass is 16.1. The summed E-state index contributed by atoms with van der Waals surface area (Å²) in [5.74, 6) is 0.741. The Balaban J connectivity index is 0.00000246. The average Bonchev–Trinajstić information content (AvgIpc) is 2.95. The number of benzene rings is 2. The van der Waals surface area contributed by atoms with E-state index < -0.39 is 0 Å². The molecular weight excluding hydrogens is 580 g/mol. The molecule has 0 aliphatic heterocycles. The zero-order valence-electron chi connectivity index (χ0n) is 31.8. The minimum atomic E-state index is -0.137. The highest BCUT2D eigenvalue weighted by Gasteiger charge is 2.35. The maximum Gasteiger partial charge on any atom is 0.163 e. The zero-order chi connectivity index (χ0) is 35.6. The number of hydrogen-bond acceptors (Lipinski definition) is 4. The van der Waals surface area contributed by atoms with Crippen molar-refractivity contribution in [2.45, 2.75) is 159 Å². The smallest absolute Gasteiger partial charge is 0.163 e. The van der Waals surface area contributed by atoms with Crippen LogP contribution in [0, 0.1) is 31.6 Å². The van der Waals surface area contributed by atoms with Crippen molar-refractivity contribution in [1.82, 2.24) is 0 Å². The number of fused-ring (bicyclic) bond motifs is 1. The van der Waals surface area contributed by atoms with Crippen LogP contribution < -0.4 is 0 Å². The Morgan fingerprint density at radius 2 is 1.53 bits per heavy atom. The molecule has 3 unspecified atom stereocenters. The van der Waals surface area contributed by atoms with E-state index in [0.29, 0.717) is 19.3 Å². The van der Waals surface area contributed by atoms with Crippen LogP contribution >= 0.6 is 0 Å². The van der Waals surface area contributed by atoms with E-state index in [-0.39, 0.29) is 58.6 Å². The first-order valence-corrected chi connectivity index (χ1v) is 18.3. The fourth-order valence-electron chi connectivity index (χ4n) is 7.61. The van der Waals surface area contributed by atoms with Crippen LogP contribution in [0.5, 0.6) is 0 Å². The van der Waals surface area contributed by atoms with Gasteiger partial charge in [-0.05, 0) is 96.6 Å². The molecule has 260 valence electrons. The summed E-state index contributed by atoms with van der Waals surface area (Å²) in [6.07, 6.45) is 6.70. The second-order valence-corrected chi connectivity index (χ2v) is 15.6. The SMILES string of the molecule is CCC.CCCC(CC1CC(=O)c2c(C)c(CC(=O)Cc3ccc(C)cc3C(C)(C)C)cc(C(C)C)c2C1)C(CC)C(=O)CC(C)=O. The highest BCUT2D eigenvalue weighted by Crippen LogP contribution is 2.40. The maximum absolute atomic E-state index is 13.9. The third-order valence-electron chi connectivity index (χ3n) is 9.69. The Hall–Kier alpha value is -2.88. The van der Waals surface area contributed by atoms with Crippen LogP contribution in [0.4, 0.5) is 0 Å². The Kier molecular flexibility index (Phi) is 15.5. The molecule has 0 spiro atoms. The van der Waals surface area contributed by atoms with Gasteiger partial charge >= 0.3 is 0 Å². The predicted octanol–water partition coefficient (Wildman–Crippen LogP) is 10.6. The minimum Gasteiger partial charge on any atom is -0.300 e. The number of hydrogen-bond donors (Lipinski definition) is 0. The first-order valence-electron chi connectivity index (χ1n) is 18.3. The summed E-state index contributed by atoms with van der Waals surface area (Å²) in [5, 5.41) is 0. The van der Waals surface area contributed by atoms with Crippen LogP contribution in [0.3, 0.4) is 0 Å². The molecule has 0 heterocycles. The number of Topliss-reactive ketones (excluding diaryl/α,β-unsaturated/α-hetero) is 4. The van der Waals surface area contributed by atoms with Gasteiger partial charge in [0.2, 0.25) is 0 Å². The quantitative estimate of drug-likeness (QED) is 0.192. The summed E-state index contributed by atoms with van der Waals surface area (Å²) >= 11 is 0. The summed E-state index contributed by atoms with van der Waals surface area (Å²) in [7, 11) is 0. The van der Waals surface area contributed by atoms with Gasteiger partial charge in [0.15, 0.2) is 5.78 Å². The fourth-order valence-corrected chi connectivity index (χ4v) is 7.61. The predicted molar refractivity (Wildman–Crippen MR) is 197 cm³/mol. The standard InChI is InChI=1S/C40H56O4.C3H8/c1-11-13-29(33(12-2)37(43)17-26(6)41)18-28-19-35-34(24(3)4)23-31(27(7)39(35)38(44)20-28)22-32(42)21-30-15-14-25(5)16-36(30)40(8,9)10;1-3-2/h14-16,23-24,28-29,33H,11-13,17-22H2,1-10H3;3H2,1-2H3. The van der Waals surface area contributed by atoms with E-state index in [4.69, 9.17) is 0 Å². The molecular formula is C43H64O4. The largest absolute Gasteiger partial charge is 0.300 e. The first-order chi connectivity index (χ1) is 22.0. The van der Waals surface area contributed by atoms with Gasteiger partial charge in [0.25, 0.3) is 0 Å². The second-order valence-electron chi connectivity index (χ2n) is 15.6. The number of carbonyl (C=O) groups excluding carboxylic acids is 4. The first kappa shape index (κ1) is 40.3. The molecule has 2 aromatic carbocycles. The van der Waals surface area contributed by atoms with Gasteiger partial charge in [0, 0.05) is 30.7 Å².